The highest BCUT2D eigenvalue weighted by Gasteiger charge is 2.52. The van der Waals surface area contributed by atoms with Crippen molar-refractivity contribution in [1.82, 2.24) is 5.32 Å². The minimum atomic E-state index is -3.94. The molecule has 1 fully saturated rings. The lowest BCUT2D eigenvalue weighted by Crippen LogP contribution is -2.46. The molecule has 0 radical (unpaired) electrons. The van der Waals surface area contributed by atoms with Crippen molar-refractivity contribution in [2.24, 2.45) is 10.4 Å². The van der Waals surface area contributed by atoms with Crippen molar-refractivity contribution in [2.75, 3.05) is 40.1 Å². The molecule has 12 heteroatoms. The van der Waals surface area contributed by atoms with Crippen LogP contribution in [-0.4, -0.2) is 62.3 Å². The maximum absolute atomic E-state index is 14.5. The number of ether oxygens (including phenoxy) is 2. The first-order valence-corrected chi connectivity index (χ1v) is 19.1. The van der Waals surface area contributed by atoms with Crippen LogP contribution in [0.25, 0.3) is 0 Å². The van der Waals surface area contributed by atoms with Crippen molar-refractivity contribution >= 4 is 25.0 Å². The van der Waals surface area contributed by atoms with Crippen LogP contribution < -0.4 is 5.32 Å². The topological polar surface area (TPSA) is 139 Å². The molecule has 2 unspecified atom stereocenters. The first-order chi connectivity index (χ1) is 25.5. The van der Waals surface area contributed by atoms with Crippen LogP contribution in [0, 0.1) is 15.5 Å². The first kappa shape index (κ1) is 38.0. The molecule has 0 aromatic heterocycles. The Morgan fingerprint density at radius 3 is 1.98 bits per heavy atom. The van der Waals surface area contributed by atoms with Crippen molar-refractivity contribution in [3.8, 4) is 0 Å². The molecule has 4 aromatic rings. The number of benzene rings is 4. The fourth-order valence-corrected chi connectivity index (χ4v) is 9.75. The highest BCUT2D eigenvalue weighted by atomic mass is 31.2. The van der Waals surface area contributed by atoms with E-state index in [1.54, 1.807) is 13.0 Å². The van der Waals surface area contributed by atoms with Gasteiger partial charge in [-0.25, -0.2) is 4.79 Å². The van der Waals surface area contributed by atoms with Crippen molar-refractivity contribution in [3.63, 3.8) is 0 Å². The highest BCUT2D eigenvalue weighted by Crippen LogP contribution is 2.63. The lowest BCUT2D eigenvalue weighted by atomic mass is 9.77. The van der Waals surface area contributed by atoms with E-state index in [1.165, 1.54) is 25.3 Å². The number of carbonyl (C=O) groups is 1. The predicted molar refractivity (Wildman–Crippen MR) is 203 cm³/mol. The van der Waals surface area contributed by atoms with Crippen molar-refractivity contribution < 1.29 is 32.8 Å². The number of hydrogen-bond donors (Lipinski definition) is 1. The van der Waals surface area contributed by atoms with E-state index in [9.17, 15) is 19.5 Å². The van der Waals surface area contributed by atoms with Gasteiger partial charge in [-0.15, -0.1) is 0 Å². The second-order valence-corrected chi connectivity index (χ2v) is 16.1. The number of nitrogens with one attached hydrogen (secondary N) is 1. The number of nitro groups is 1. The van der Waals surface area contributed by atoms with Gasteiger partial charge in [0.15, 0.2) is 0 Å². The van der Waals surface area contributed by atoms with Gasteiger partial charge in [-0.1, -0.05) is 117 Å². The van der Waals surface area contributed by atoms with Crippen LogP contribution in [-0.2, 0) is 33.4 Å². The zero-order valence-electron chi connectivity index (χ0n) is 30.3. The third-order valence-electron chi connectivity index (χ3n) is 9.63. The van der Waals surface area contributed by atoms with E-state index >= 15 is 0 Å². The average molecular weight is 738 g/mol. The molecule has 0 aliphatic carbocycles. The van der Waals surface area contributed by atoms with Gasteiger partial charge in [-0.3, -0.25) is 25.0 Å². The molecule has 0 amide bonds. The Balaban J connectivity index is 1.33. The SMILES string of the molecule is COC(=O)C1=C(COCCNC(c2ccccc2)(c2ccccc2)c2ccccc2)N=C(C)C(P2(=O)OCC(C)(C)CO2)C1c1cccc([N+](=O)[O-])c1. The van der Waals surface area contributed by atoms with E-state index in [4.69, 9.17) is 23.5 Å². The van der Waals surface area contributed by atoms with E-state index in [-0.39, 0.29) is 48.8 Å². The van der Waals surface area contributed by atoms with Crippen LogP contribution in [0.5, 0.6) is 0 Å². The second-order valence-electron chi connectivity index (χ2n) is 14.0. The fraction of sp³-hybridized carbons (Fsp3) is 0.317. The van der Waals surface area contributed by atoms with Gasteiger partial charge in [0.1, 0.15) is 5.66 Å². The van der Waals surface area contributed by atoms with E-state index in [2.05, 4.69) is 41.7 Å². The van der Waals surface area contributed by atoms with Gasteiger partial charge in [0, 0.05) is 35.7 Å². The average Bonchev–Trinajstić information content (AvgIpc) is 3.18. The smallest absolute Gasteiger partial charge is 0.340 e. The quantitative estimate of drug-likeness (QED) is 0.0364. The number of nitrogens with zero attached hydrogens (tertiary/aromatic N) is 2. The zero-order valence-corrected chi connectivity index (χ0v) is 31.2. The molecule has 0 spiro atoms. The van der Waals surface area contributed by atoms with E-state index in [0.29, 0.717) is 17.8 Å². The number of nitro benzene ring substituents is 1. The molecule has 2 aliphatic heterocycles. The monoisotopic (exact) mass is 737 g/mol. The number of rotatable bonds is 13. The molecule has 276 valence electrons. The van der Waals surface area contributed by atoms with Gasteiger partial charge in [-0.05, 0) is 29.2 Å². The third kappa shape index (κ3) is 7.95. The number of aliphatic imine (C=N–C) groups is 1. The molecule has 1 saturated heterocycles. The molecule has 2 heterocycles. The summed E-state index contributed by atoms with van der Waals surface area (Å²) in [5.74, 6) is -1.72. The number of methoxy groups -OCH3 is 1. The van der Waals surface area contributed by atoms with Crippen LogP contribution in [0.4, 0.5) is 5.69 Å². The minimum absolute atomic E-state index is 0.0796. The Kier molecular flexibility index (Phi) is 11.5. The van der Waals surface area contributed by atoms with Gasteiger partial charge in [0.2, 0.25) is 0 Å². The Labute approximate surface area is 309 Å². The molecular formula is C41H44N3O8P. The van der Waals surface area contributed by atoms with Crippen molar-refractivity contribution in [1.29, 1.82) is 0 Å². The Morgan fingerprint density at radius 2 is 1.47 bits per heavy atom. The zero-order chi connectivity index (χ0) is 37.6. The van der Waals surface area contributed by atoms with E-state index in [0.717, 1.165) is 16.7 Å². The van der Waals surface area contributed by atoms with Crippen LogP contribution in [0.3, 0.4) is 0 Å². The largest absolute Gasteiger partial charge is 0.466 e. The number of non-ortho nitro benzene ring substituents is 1. The second kappa shape index (κ2) is 16.1. The fourth-order valence-electron chi connectivity index (χ4n) is 7.09. The molecule has 6 rings (SSSR count). The molecule has 11 nitrogen and oxygen atoms in total. The summed E-state index contributed by atoms with van der Waals surface area (Å²) < 4.78 is 38.0. The summed E-state index contributed by atoms with van der Waals surface area (Å²) in [5, 5.41) is 15.6. The number of hydrogen-bond acceptors (Lipinski definition) is 10. The molecular weight excluding hydrogens is 693 g/mol. The summed E-state index contributed by atoms with van der Waals surface area (Å²) in [4.78, 5) is 29.8. The van der Waals surface area contributed by atoms with Crippen LogP contribution in [0.15, 0.2) is 132 Å². The van der Waals surface area contributed by atoms with Gasteiger partial charge in [0.25, 0.3) is 5.69 Å². The normalized spacial score (nSPS) is 19.7. The molecule has 0 bridgehead atoms. The molecule has 53 heavy (non-hydrogen) atoms. The number of esters is 1. The molecule has 1 N–H and O–H groups in total. The van der Waals surface area contributed by atoms with Gasteiger partial charge >= 0.3 is 13.6 Å². The van der Waals surface area contributed by atoms with E-state index < -0.39 is 35.6 Å². The standard InChI is InChI=1S/C41H44N3O8P/c1-29-38(53(48)51-27-40(2,3)28-52-53)36(30-15-14-22-34(25-30)44(46)47)37(39(45)49-4)35(43-29)26-50-24-23-42-41(31-16-8-5-9-17-31,32-18-10-6-11-19-32)33-20-12-7-13-21-33/h5-22,25,36,38,42H,23-24,26-28H2,1-4H3. The maximum Gasteiger partial charge on any atom is 0.340 e. The summed E-state index contributed by atoms with van der Waals surface area (Å²) in [7, 11) is -2.69. The Morgan fingerprint density at radius 1 is 0.925 bits per heavy atom. The summed E-state index contributed by atoms with van der Waals surface area (Å²) in [6.07, 6.45) is 0. The van der Waals surface area contributed by atoms with E-state index in [1.807, 2.05) is 68.4 Å². The number of carbonyl (C=O) groups excluding carboxylic acids is 1. The minimum Gasteiger partial charge on any atom is -0.466 e. The highest BCUT2D eigenvalue weighted by molar-refractivity contribution is 7.56. The first-order valence-electron chi connectivity index (χ1n) is 17.5. The van der Waals surface area contributed by atoms with Crippen molar-refractivity contribution in [2.45, 2.75) is 37.9 Å². The third-order valence-corrected chi connectivity index (χ3v) is 12.0. The van der Waals surface area contributed by atoms with Crippen LogP contribution in [0.1, 0.15) is 48.9 Å². The van der Waals surface area contributed by atoms with Gasteiger partial charge in [-0.2, -0.15) is 0 Å². The summed E-state index contributed by atoms with van der Waals surface area (Å²) in [5.41, 5.74) is 1.97. The Hall–Kier alpha value is -4.77. The molecule has 0 saturated carbocycles. The maximum atomic E-state index is 14.5. The lowest BCUT2D eigenvalue weighted by molar-refractivity contribution is -0.384. The van der Waals surface area contributed by atoms with Crippen LogP contribution >= 0.6 is 7.60 Å². The van der Waals surface area contributed by atoms with Crippen molar-refractivity contribution in [3.05, 3.63) is 159 Å². The summed E-state index contributed by atoms with van der Waals surface area (Å²) in [6.45, 7) is 6.44. The molecule has 2 atom stereocenters. The summed E-state index contributed by atoms with van der Waals surface area (Å²) in [6, 6.07) is 36.5. The lowest BCUT2D eigenvalue weighted by Gasteiger charge is -2.41. The molecule has 2 aliphatic rings. The predicted octanol–water partition coefficient (Wildman–Crippen LogP) is 7.81. The van der Waals surface area contributed by atoms with Crippen LogP contribution in [0.2, 0.25) is 0 Å². The van der Waals surface area contributed by atoms with Gasteiger partial charge in [0.05, 0.1) is 55.3 Å². The molecule has 4 aromatic carbocycles. The summed E-state index contributed by atoms with van der Waals surface area (Å²) >= 11 is 0. The Bertz CT molecular complexity index is 1930. The van der Waals surface area contributed by atoms with Gasteiger partial charge < -0.3 is 18.5 Å².